The maximum Gasteiger partial charge on any atom is 0.139 e. The standard InChI is InChI=1S/C34H48N2Si2/c1-31(2,3)29-23-25-17-11-13-19-27(25)33(29,7)35-37-21-15-9-10-16-22-38-36-34(8)28-20-14-12-18-26(28)24-30(34)32(4,5)6/h11-14,17-20,23-24,35-36H,9-10,15-16,21-22H2,1-8H3. The summed E-state index contributed by atoms with van der Waals surface area (Å²) in [6.45, 7) is 18.8. The molecule has 2 nitrogen and oxygen atoms in total. The molecule has 2 atom stereocenters. The first-order chi connectivity index (χ1) is 17.9. The zero-order chi connectivity index (χ0) is 27.6. The lowest BCUT2D eigenvalue weighted by atomic mass is 9.75. The SMILES string of the molecule is CC(C)(C)C1=Cc2ccccc2C1(C)N[Si]CCCCCC[Si]NC1(C)C(C(C)(C)C)=Cc2ccccc21. The van der Waals surface area contributed by atoms with Crippen molar-refractivity contribution in [2.75, 3.05) is 0 Å². The van der Waals surface area contributed by atoms with E-state index in [-0.39, 0.29) is 21.9 Å². The molecule has 0 saturated carbocycles. The average Bonchev–Trinajstić information content (AvgIpc) is 3.33. The lowest BCUT2D eigenvalue weighted by Crippen LogP contribution is -2.45. The van der Waals surface area contributed by atoms with E-state index in [0.29, 0.717) is 0 Å². The van der Waals surface area contributed by atoms with Gasteiger partial charge in [-0.25, -0.2) is 0 Å². The summed E-state index contributed by atoms with van der Waals surface area (Å²) < 4.78 is 0. The quantitative estimate of drug-likeness (QED) is 0.220. The Balaban J connectivity index is 1.18. The molecule has 2 N–H and O–H groups in total. The van der Waals surface area contributed by atoms with Gasteiger partial charge >= 0.3 is 0 Å². The highest BCUT2D eigenvalue weighted by Gasteiger charge is 2.42. The van der Waals surface area contributed by atoms with Gasteiger partial charge in [-0.2, -0.15) is 0 Å². The Morgan fingerprint density at radius 2 is 0.947 bits per heavy atom. The summed E-state index contributed by atoms with van der Waals surface area (Å²) >= 11 is 0. The molecule has 4 radical (unpaired) electrons. The molecule has 0 aliphatic heterocycles. The lowest BCUT2D eigenvalue weighted by Gasteiger charge is -2.38. The number of unbranched alkanes of at least 4 members (excludes halogenated alkanes) is 3. The Hall–Kier alpha value is -1.73. The topological polar surface area (TPSA) is 24.1 Å². The molecule has 2 unspecified atom stereocenters. The highest BCUT2D eigenvalue weighted by Crippen LogP contribution is 2.48. The second-order valence-corrected chi connectivity index (χ2v) is 15.8. The van der Waals surface area contributed by atoms with Crippen LogP contribution in [0.15, 0.2) is 59.7 Å². The first-order valence-corrected chi connectivity index (χ1v) is 16.9. The van der Waals surface area contributed by atoms with Crippen LogP contribution in [0.3, 0.4) is 0 Å². The third-order valence-electron chi connectivity index (χ3n) is 8.32. The molecule has 202 valence electrons. The van der Waals surface area contributed by atoms with Crippen molar-refractivity contribution in [2.24, 2.45) is 10.8 Å². The fourth-order valence-corrected chi connectivity index (χ4v) is 8.86. The van der Waals surface area contributed by atoms with Crippen molar-refractivity contribution in [3.8, 4) is 0 Å². The number of fused-ring (bicyclic) bond motifs is 2. The molecule has 0 fully saturated rings. The van der Waals surface area contributed by atoms with Crippen LogP contribution in [0, 0.1) is 10.8 Å². The molecule has 0 aromatic heterocycles. The minimum Gasteiger partial charge on any atom is -0.327 e. The first-order valence-electron chi connectivity index (χ1n) is 14.5. The van der Waals surface area contributed by atoms with Crippen molar-refractivity contribution in [1.82, 2.24) is 9.96 Å². The third-order valence-corrected chi connectivity index (χ3v) is 10.9. The molecule has 4 heteroatoms. The molecule has 2 aliphatic rings. The van der Waals surface area contributed by atoms with E-state index in [2.05, 4.69) is 126 Å². The smallest absolute Gasteiger partial charge is 0.139 e. The summed E-state index contributed by atoms with van der Waals surface area (Å²) in [6.07, 6.45) is 10.1. The number of nitrogens with one attached hydrogen (secondary N) is 2. The molecule has 0 heterocycles. The van der Waals surface area contributed by atoms with E-state index in [0.717, 1.165) is 19.4 Å². The maximum absolute atomic E-state index is 3.99. The van der Waals surface area contributed by atoms with Crippen LogP contribution in [0.4, 0.5) is 0 Å². The molecular weight excluding hydrogens is 493 g/mol. The minimum atomic E-state index is -0.0462. The summed E-state index contributed by atoms with van der Waals surface area (Å²) in [5, 5.41) is 0. The summed E-state index contributed by atoms with van der Waals surface area (Å²) in [4.78, 5) is 7.97. The Kier molecular flexibility index (Phi) is 8.78. The summed E-state index contributed by atoms with van der Waals surface area (Å²) in [6, 6.07) is 20.4. The van der Waals surface area contributed by atoms with Gasteiger partial charge in [-0.05, 0) is 70.2 Å². The van der Waals surface area contributed by atoms with Crippen molar-refractivity contribution in [3.05, 3.63) is 81.9 Å². The largest absolute Gasteiger partial charge is 0.327 e. The molecule has 0 spiro atoms. The normalized spacial score (nSPS) is 22.7. The Labute approximate surface area is 238 Å². The van der Waals surface area contributed by atoms with Crippen molar-refractivity contribution in [3.63, 3.8) is 0 Å². The van der Waals surface area contributed by atoms with Crippen molar-refractivity contribution < 1.29 is 0 Å². The third kappa shape index (κ3) is 6.04. The van der Waals surface area contributed by atoms with Crippen molar-refractivity contribution >= 4 is 31.5 Å². The van der Waals surface area contributed by atoms with Crippen LogP contribution in [-0.4, -0.2) is 19.4 Å². The minimum absolute atomic E-state index is 0.0462. The summed E-state index contributed by atoms with van der Waals surface area (Å²) in [5.74, 6) is 0. The van der Waals surface area contributed by atoms with E-state index in [1.165, 1.54) is 71.2 Å². The highest BCUT2D eigenvalue weighted by molar-refractivity contribution is 6.33. The number of rotatable bonds is 11. The molecule has 0 bridgehead atoms. The van der Waals surface area contributed by atoms with E-state index < -0.39 is 0 Å². The van der Waals surface area contributed by atoms with Gasteiger partial charge in [0.05, 0.1) is 11.1 Å². The van der Waals surface area contributed by atoms with Crippen molar-refractivity contribution in [1.29, 1.82) is 0 Å². The van der Waals surface area contributed by atoms with E-state index in [4.69, 9.17) is 0 Å². The van der Waals surface area contributed by atoms with Gasteiger partial charge < -0.3 is 9.96 Å². The Morgan fingerprint density at radius 1 is 0.579 bits per heavy atom. The van der Waals surface area contributed by atoms with Crippen LogP contribution in [0.2, 0.25) is 12.1 Å². The predicted octanol–water partition coefficient (Wildman–Crippen LogP) is 8.52. The van der Waals surface area contributed by atoms with Gasteiger partial charge in [-0.1, -0.05) is 128 Å². The molecular formula is C34H48N2Si2. The Morgan fingerprint density at radius 3 is 1.32 bits per heavy atom. The average molecular weight is 541 g/mol. The zero-order valence-electron chi connectivity index (χ0n) is 25.0. The zero-order valence-corrected chi connectivity index (χ0v) is 27.0. The van der Waals surface area contributed by atoms with Gasteiger partial charge in [0.1, 0.15) is 19.4 Å². The van der Waals surface area contributed by atoms with Gasteiger partial charge in [0.2, 0.25) is 0 Å². The number of hydrogen-bond acceptors (Lipinski definition) is 2. The predicted molar refractivity (Wildman–Crippen MR) is 168 cm³/mol. The molecule has 2 aromatic carbocycles. The maximum atomic E-state index is 3.99. The van der Waals surface area contributed by atoms with E-state index in [1.807, 2.05) is 0 Å². The van der Waals surface area contributed by atoms with E-state index in [9.17, 15) is 0 Å². The summed E-state index contributed by atoms with van der Waals surface area (Å²) in [5.41, 5.74) is 8.87. The van der Waals surface area contributed by atoms with E-state index >= 15 is 0 Å². The molecule has 2 aliphatic carbocycles. The Bertz CT molecular complexity index is 1090. The first kappa shape index (κ1) is 29.3. The molecule has 0 amide bonds. The van der Waals surface area contributed by atoms with Crippen molar-refractivity contribution in [2.45, 2.75) is 104 Å². The lowest BCUT2D eigenvalue weighted by molar-refractivity contribution is 0.391. The van der Waals surface area contributed by atoms with Crippen LogP contribution < -0.4 is 9.96 Å². The number of benzene rings is 2. The van der Waals surface area contributed by atoms with Crippen LogP contribution in [0.5, 0.6) is 0 Å². The molecule has 38 heavy (non-hydrogen) atoms. The second kappa shape index (κ2) is 11.4. The van der Waals surface area contributed by atoms with Crippen LogP contribution >= 0.6 is 0 Å². The van der Waals surface area contributed by atoms with Gasteiger partial charge in [-0.3, -0.25) is 0 Å². The monoisotopic (exact) mass is 540 g/mol. The summed E-state index contributed by atoms with van der Waals surface area (Å²) in [7, 11) is 1.58. The van der Waals surface area contributed by atoms with Gasteiger partial charge in [0.15, 0.2) is 0 Å². The number of hydrogen-bond donors (Lipinski definition) is 2. The molecule has 0 saturated heterocycles. The fraction of sp³-hybridized carbons (Fsp3) is 0.529. The van der Waals surface area contributed by atoms with Crippen LogP contribution in [0.1, 0.15) is 103 Å². The van der Waals surface area contributed by atoms with Crippen LogP contribution in [0.25, 0.3) is 12.2 Å². The fourth-order valence-electron chi connectivity index (χ4n) is 6.51. The van der Waals surface area contributed by atoms with Gasteiger partial charge in [-0.15, -0.1) is 0 Å². The van der Waals surface area contributed by atoms with E-state index in [1.54, 1.807) is 0 Å². The molecule has 2 aromatic rings. The van der Waals surface area contributed by atoms with Gasteiger partial charge in [0.25, 0.3) is 0 Å². The highest BCUT2D eigenvalue weighted by atomic mass is 28.2. The van der Waals surface area contributed by atoms with Crippen LogP contribution in [-0.2, 0) is 11.1 Å². The van der Waals surface area contributed by atoms with Gasteiger partial charge in [0, 0.05) is 0 Å². The second-order valence-electron chi connectivity index (χ2n) is 13.6. The molecule has 4 rings (SSSR count).